The van der Waals surface area contributed by atoms with E-state index >= 15 is 0 Å². The molecule has 1 amide bonds. The lowest BCUT2D eigenvalue weighted by atomic mass is 10.1. The van der Waals surface area contributed by atoms with Crippen LogP contribution >= 0.6 is 11.8 Å². The van der Waals surface area contributed by atoms with Gasteiger partial charge in [-0.15, -0.1) is 10.2 Å². The first-order valence-corrected chi connectivity index (χ1v) is 8.31. The first kappa shape index (κ1) is 18.0. The second-order valence-corrected chi connectivity index (χ2v) is 6.93. The molecular weight excluding hydrogens is 332 g/mol. The van der Waals surface area contributed by atoms with Crippen molar-refractivity contribution in [2.75, 3.05) is 11.1 Å². The molecule has 0 aromatic carbocycles. The highest BCUT2D eigenvalue weighted by atomic mass is 32.2. The SMILES string of the molecule is CC(C)n1cnnc1SCC(=O)Nc1cnn(C(C)(C)C(=O)O)c1. The number of anilines is 1. The van der Waals surface area contributed by atoms with Crippen LogP contribution in [0.5, 0.6) is 0 Å². The minimum absolute atomic E-state index is 0.166. The summed E-state index contributed by atoms with van der Waals surface area (Å²) in [5, 5.41) is 24.4. The van der Waals surface area contributed by atoms with E-state index in [1.807, 2.05) is 18.4 Å². The van der Waals surface area contributed by atoms with E-state index in [0.717, 1.165) is 0 Å². The Kier molecular flexibility index (Phi) is 5.27. The number of hydrogen-bond acceptors (Lipinski definition) is 6. The average molecular weight is 352 g/mol. The molecule has 0 fully saturated rings. The summed E-state index contributed by atoms with van der Waals surface area (Å²) >= 11 is 1.28. The van der Waals surface area contributed by atoms with Crippen LogP contribution in [0.1, 0.15) is 33.7 Å². The van der Waals surface area contributed by atoms with Gasteiger partial charge in [0.15, 0.2) is 10.7 Å². The Balaban J connectivity index is 1.95. The van der Waals surface area contributed by atoms with Gasteiger partial charge in [0, 0.05) is 12.2 Å². The van der Waals surface area contributed by atoms with Gasteiger partial charge in [-0.05, 0) is 27.7 Å². The number of carbonyl (C=O) groups excluding carboxylic acids is 1. The number of hydrogen-bond donors (Lipinski definition) is 2. The van der Waals surface area contributed by atoms with Crippen LogP contribution in [-0.2, 0) is 15.1 Å². The first-order chi connectivity index (χ1) is 11.2. The van der Waals surface area contributed by atoms with Crippen molar-refractivity contribution in [2.24, 2.45) is 0 Å². The summed E-state index contributed by atoms with van der Waals surface area (Å²) in [5.74, 6) is -1.07. The minimum atomic E-state index is -1.19. The molecule has 24 heavy (non-hydrogen) atoms. The summed E-state index contributed by atoms with van der Waals surface area (Å²) in [4.78, 5) is 23.2. The standard InChI is InChI=1S/C14H20N6O3S/c1-9(2)19-8-15-18-13(19)24-7-11(21)17-10-5-16-20(6-10)14(3,4)12(22)23/h5-6,8-9H,7H2,1-4H3,(H,17,21)(H,22,23). The summed E-state index contributed by atoms with van der Waals surface area (Å²) in [5.41, 5.74) is -0.744. The Morgan fingerprint density at radius 2 is 2.12 bits per heavy atom. The lowest BCUT2D eigenvalue weighted by Gasteiger charge is -2.19. The van der Waals surface area contributed by atoms with Crippen LogP contribution in [0.15, 0.2) is 23.9 Å². The maximum atomic E-state index is 12.0. The average Bonchev–Trinajstić information content (AvgIpc) is 3.13. The molecule has 0 saturated heterocycles. The van der Waals surface area contributed by atoms with Gasteiger partial charge in [0.1, 0.15) is 6.33 Å². The Morgan fingerprint density at radius 3 is 2.75 bits per heavy atom. The number of rotatable bonds is 7. The van der Waals surface area contributed by atoms with Gasteiger partial charge in [-0.2, -0.15) is 5.10 Å². The zero-order valence-corrected chi connectivity index (χ0v) is 14.7. The number of thioether (sulfide) groups is 1. The highest BCUT2D eigenvalue weighted by molar-refractivity contribution is 7.99. The van der Waals surface area contributed by atoms with Crippen LogP contribution in [0.25, 0.3) is 0 Å². The maximum Gasteiger partial charge on any atom is 0.331 e. The topological polar surface area (TPSA) is 115 Å². The van der Waals surface area contributed by atoms with Crippen molar-refractivity contribution in [1.82, 2.24) is 24.5 Å². The highest BCUT2D eigenvalue weighted by Crippen LogP contribution is 2.20. The predicted octanol–water partition coefficient (Wildman–Crippen LogP) is 1.61. The van der Waals surface area contributed by atoms with E-state index in [4.69, 9.17) is 0 Å². The Bertz CT molecular complexity index is 736. The van der Waals surface area contributed by atoms with E-state index in [-0.39, 0.29) is 17.7 Å². The fourth-order valence-corrected chi connectivity index (χ4v) is 2.65. The molecule has 2 aromatic rings. The van der Waals surface area contributed by atoms with Gasteiger partial charge in [0.25, 0.3) is 0 Å². The zero-order valence-electron chi connectivity index (χ0n) is 13.9. The third kappa shape index (κ3) is 3.94. The van der Waals surface area contributed by atoms with Crippen LogP contribution in [0, 0.1) is 0 Å². The lowest BCUT2D eigenvalue weighted by molar-refractivity contribution is -0.146. The Hall–Kier alpha value is -2.36. The fraction of sp³-hybridized carbons (Fsp3) is 0.500. The van der Waals surface area contributed by atoms with Gasteiger partial charge >= 0.3 is 5.97 Å². The molecule has 0 atom stereocenters. The van der Waals surface area contributed by atoms with Crippen molar-refractivity contribution < 1.29 is 14.7 Å². The van der Waals surface area contributed by atoms with Crippen molar-refractivity contribution in [2.45, 2.75) is 44.4 Å². The van der Waals surface area contributed by atoms with Crippen LogP contribution in [0.4, 0.5) is 5.69 Å². The van der Waals surface area contributed by atoms with E-state index in [9.17, 15) is 14.7 Å². The van der Waals surface area contributed by atoms with Crippen molar-refractivity contribution in [3.8, 4) is 0 Å². The largest absolute Gasteiger partial charge is 0.479 e. The number of nitrogens with one attached hydrogen (secondary N) is 1. The summed E-state index contributed by atoms with van der Waals surface area (Å²) < 4.78 is 3.18. The van der Waals surface area contributed by atoms with Crippen LogP contribution in [0.2, 0.25) is 0 Å². The Morgan fingerprint density at radius 1 is 1.42 bits per heavy atom. The quantitative estimate of drug-likeness (QED) is 0.727. The monoisotopic (exact) mass is 352 g/mol. The maximum absolute atomic E-state index is 12.0. The molecule has 130 valence electrons. The van der Waals surface area contributed by atoms with Crippen molar-refractivity contribution in [1.29, 1.82) is 0 Å². The van der Waals surface area contributed by atoms with E-state index in [2.05, 4.69) is 20.6 Å². The van der Waals surface area contributed by atoms with Gasteiger partial charge in [0.2, 0.25) is 5.91 Å². The molecule has 0 aliphatic rings. The number of carbonyl (C=O) groups is 2. The van der Waals surface area contributed by atoms with Crippen LogP contribution in [-0.4, -0.2) is 47.3 Å². The molecule has 0 saturated carbocycles. The van der Waals surface area contributed by atoms with Crippen molar-refractivity contribution >= 4 is 29.3 Å². The molecule has 2 rings (SSSR count). The van der Waals surface area contributed by atoms with Crippen molar-refractivity contribution in [3.05, 3.63) is 18.7 Å². The number of aromatic nitrogens is 5. The second-order valence-electron chi connectivity index (χ2n) is 5.99. The van der Waals surface area contributed by atoms with Gasteiger partial charge in [-0.25, -0.2) is 4.79 Å². The normalized spacial score (nSPS) is 11.7. The fourth-order valence-electron chi connectivity index (χ4n) is 1.81. The lowest BCUT2D eigenvalue weighted by Crippen LogP contribution is -2.35. The molecule has 0 aliphatic heterocycles. The summed E-state index contributed by atoms with van der Waals surface area (Å²) in [6.45, 7) is 7.07. The number of carboxylic acid groups (broad SMARTS) is 1. The summed E-state index contributed by atoms with van der Waals surface area (Å²) in [6.07, 6.45) is 4.54. The van der Waals surface area contributed by atoms with Gasteiger partial charge < -0.3 is 15.0 Å². The van der Waals surface area contributed by atoms with E-state index in [1.165, 1.54) is 42.7 Å². The molecule has 2 heterocycles. The smallest absolute Gasteiger partial charge is 0.331 e. The number of amides is 1. The number of nitrogens with zero attached hydrogens (tertiary/aromatic N) is 5. The number of carboxylic acids is 1. The summed E-state index contributed by atoms with van der Waals surface area (Å²) in [7, 11) is 0. The van der Waals surface area contributed by atoms with Crippen molar-refractivity contribution in [3.63, 3.8) is 0 Å². The first-order valence-electron chi connectivity index (χ1n) is 7.32. The molecule has 0 radical (unpaired) electrons. The molecule has 2 aromatic heterocycles. The Labute approximate surface area is 143 Å². The zero-order chi connectivity index (χ0) is 17.9. The molecule has 2 N–H and O–H groups in total. The highest BCUT2D eigenvalue weighted by Gasteiger charge is 2.30. The van der Waals surface area contributed by atoms with Gasteiger partial charge in [0.05, 0.1) is 17.6 Å². The molecule has 0 unspecified atom stereocenters. The van der Waals surface area contributed by atoms with Crippen LogP contribution < -0.4 is 5.32 Å². The minimum Gasteiger partial charge on any atom is -0.479 e. The molecular formula is C14H20N6O3S. The van der Waals surface area contributed by atoms with Gasteiger partial charge in [-0.3, -0.25) is 9.48 Å². The van der Waals surface area contributed by atoms with E-state index in [1.54, 1.807) is 6.33 Å². The number of aliphatic carboxylic acids is 1. The predicted molar refractivity (Wildman–Crippen MR) is 88.9 cm³/mol. The molecule has 0 spiro atoms. The summed E-state index contributed by atoms with van der Waals surface area (Å²) in [6, 6.07) is 0.210. The molecule has 0 bridgehead atoms. The van der Waals surface area contributed by atoms with Crippen LogP contribution in [0.3, 0.4) is 0 Å². The van der Waals surface area contributed by atoms with E-state index in [0.29, 0.717) is 10.8 Å². The van der Waals surface area contributed by atoms with Gasteiger partial charge in [-0.1, -0.05) is 11.8 Å². The van der Waals surface area contributed by atoms with E-state index < -0.39 is 11.5 Å². The third-order valence-electron chi connectivity index (χ3n) is 3.39. The molecule has 0 aliphatic carbocycles. The second kappa shape index (κ2) is 7.04. The molecule has 9 nitrogen and oxygen atoms in total. The third-order valence-corrected chi connectivity index (χ3v) is 4.35. The molecule has 10 heteroatoms.